The summed E-state index contributed by atoms with van der Waals surface area (Å²) in [5, 5.41) is 2.84. The molecular formula is C26H30FN3O5. The van der Waals surface area contributed by atoms with Gasteiger partial charge in [-0.3, -0.25) is 19.3 Å². The summed E-state index contributed by atoms with van der Waals surface area (Å²) in [5.41, 5.74) is -0.391. The Hall–Kier alpha value is -3.46. The fraction of sp³-hybridized carbons (Fsp3) is 0.423. The summed E-state index contributed by atoms with van der Waals surface area (Å²) >= 11 is 0. The SMILES string of the molecule is CCCNC(=O)[C@@H]1COC2(CCN(C(=O)c3cccc(OC)c3)CC2)N1C(=O)c1cccc(F)c1. The predicted octanol–water partition coefficient (Wildman–Crippen LogP) is 2.83. The van der Waals surface area contributed by atoms with E-state index in [1.807, 2.05) is 6.92 Å². The molecule has 35 heavy (non-hydrogen) atoms. The molecular weight excluding hydrogens is 453 g/mol. The van der Waals surface area contributed by atoms with E-state index in [4.69, 9.17) is 9.47 Å². The van der Waals surface area contributed by atoms with E-state index < -0.39 is 23.5 Å². The van der Waals surface area contributed by atoms with Gasteiger partial charge in [0.25, 0.3) is 11.8 Å². The highest BCUT2D eigenvalue weighted by atomic mass is 19.1. The zero-order chi connectivity index (χ0) is 25.0. The lowest BCUT2D eigenvalue weighted by molar-refractivity contribution is -0.128. The molecule has 1 atom stereocenters. The molecule has 0 bridgehead atoms. The number of amides is 3. The first-order chi connectivity index (χ1) is 16.9. The maximum absolute atomic E-state index is 13.9. The summed E-state index contributed by atoms with van der Waals surface area (Å²) in [6.45, 7) is 3.14. The number of hydrogen-bond donors (Lipinski definition) is 1. The molecule has 2 aliphatic heterocycles. The van der Waals surface area contributed by atoms with Gasteiger partial charge in [-0.25, -0.2) is 4.39 Å². The van der Waals surface area contributed by atoms with Gasteiger partial charge in [0.1, 0.15) is 23.3 Å². The van der Waals surface area contributed by atoms with Gasteiger partial charge in [0.15, 0.2) is 0 Å². The number of halogens is 1. The van der Waals surface area contributed by atoms with E-state index in [0.717, 1.165) is 12.5 Å². The number of nitrogens with zero attached hydrogens (tertiary/aromatic N) is 2. The maximum Gasteiger partial charge on any atom is 0.256 e. The van der Waals surface area contributed by atoms with Crippen molar-refractivity contribution >= 4 is 17.7 Å². The number of ether oxygens (including phenoxy) is 2. The minimum Gasteiger partial charge on any atom is -0.497 e. The van der Waals surface area contributed by atoms with Crippen LogP contribution in [0.15, 0.2) is 48.5 Å². The molecule has 0 radical (unpaired) electrons. The molecule has 0 unspecified atom stereocenters. The molecule has 2 saturated heterocycles. The Morgan fingerprint density at radius 2 is 1.77 bits per heavy atom. The number of piperidine rings is 1. The predicted molar refractivity (Wildman–Crippen MR) is 126 cm³/mol. The highest BCUT2D eigenvalue weighted by molar-refractivity contribution is 5.98. The molecule has 1 N–H and O–H groups in total. The number of hydrogen-bond acceptors (Lipinski definition) is 5. The maximum atomic E-state index is 13.9. The highest BCUT2D eigenvalue weighted by Crippen LogP contribution is 2.39. The zero-order valence-electron chi connectivity index (χ0n) is 20.0. The molecule has 186 valence electrons. The minimum absolute atomic E-state index is 0.0421. The number of rotatable bonds is 6. The van der Waals surface area contributed by atoms with Crippen LogP contribution in [0.1, 0.15) is 46.9 Å². The highest BCUT2D eigenvalue weighted by Gasteiger charge is 2.54. The standard InChI is InChI=1S/C26H30FN3O5/c1-3-12-28-23(31)22-17-35-26(30(22)25(33)18-6-4-8-20(27)15-18)10-13-29(14-11-26)24(32)19-7-5-9-21(16-19)34-2/h4-9,15-16,22H,3,10-14,17H2,1-2H3,(H,28,31)/t22-/m0/s1. The topological polar surface area (TPSA) is 88.2 Å². The smallest absolute Gasteiger partial charge is 0.256 e. The van der Waals surface area contributed by atoms with E-state index in [2.05, 4.69) is 5.32 Å². The van der Waals surface area contributed by atoms with Gasteiger partial charge in [-0.1, -0.05) is 19.1 Å². The number of likely N-dealkylation sites (tertiary alicyclic amines) is 1. The van der Waals surface area contributed by atoms with Crippen LogP contribution in [0.5, 0.6) is 5.75 Å². The third kappa shape index (κ3) is 5.00. The van der Waals surface area contributed by atoms with Crippen molar-refractivity contribution in [1.29, 1.82) is 0 Å². The van der Waals surface area contributed by atoms with Crippen molar-refractivity contribution in [3.05, 3.63) is 65.5 Å². The van der Waals surface area contributed by atoms with E-state index in [1.165, 1.54) is 23.1 Å². The Labute approximate surface area is 204 Å². The van der Waals surface area contributed by atoms with Crippen LogP contribution in [0, 0.1) is 5.82 Å². The zero-order valence-corrected chi connectivity index (χ0v) is 20.0. The summed E-state index contributed by atoms with van der Waals surface area (Å²) < 4.78 is 25.3. The number of carbonyl (C=O) groups excluding carboxylic acids is 3. The van der Waals surface area contributed by atoms with Gasteiger partial charge in [-0.05, 0) is 42.8 Å². The molecule has 1 spiro atoms. The first kappa shape index (κ1) is 24.7. The van der Waals surface area contributed by atoms with Gasteiger partial charge >= 0.3 is 0 Å². The largest absolute Gasteiger partial charge is 0.497 e. The molecule has 2 aromatic carbocycles. The van der Waals surface area contributed by atoms with E-state index in [9.17, 15) is 18.8 Å². The van der Waals surface area contributed by atoms with E-state index in [-0.39, 0.29) is 24.0 Å². The average molecular weight is 484 g/mol. The summed E-state index contributed by atoms with van der Waals surface area (Å²) in [7, 11) is 1.54. The number of nitrogens with one attached hydrogen (secondary N) is 1. The Morgan fingerprint density at radius 1 is 1.09 bits per heavy atom. The van der Waals surface area contributed by atoms with Crippen LogP contribution in [-0.2, 0) is 9.53 Å². The number of carbonyl (C=O) groups is 3. The van der Waals surface area contributed by atoms with Crippen LogP contribution in [-0.4, -0.2) is 72.6 Å². The first-order valence-electron chi connectivity index (χ1n) is 11.8. The van der Waals surface area contributed by atoms with Crippen molar-refractivity contribution < 1.29 is 28.2 Å². The molecule has 0 aromatic heterocycles. The molecule has 4 rings (SSSR count). The summed E-state index contributed by atoms with van der Waals surface area (Å²) in [4.78, 5) is 42.7. The third-order valence-corrected chi connectivity index (χ3v) is 6.55. The second-order valence-electron chi connectivity index (χ2n) is 8.77. The monoisotopic (exact) mass is 483 g/mol. The average Bonchev–Trinajstić information content (AvgIpc) is 3.25. The molecule has 2 aliphatic rings. The fourth-order valence-corrected chi connectivity index (χ4v) is 4.69. The lowest BCUT2D eigenvalue weighted by Gasteiger charge is -2.44. The Morgan fingerprint density at radius 3 is 2.43 bits per heavy atom. The van der Waals surface area contributed by atoms with Crippen LogP contribution in [0.4, 0.5) is 4.39 Å². The summed E-state index contributed by atoms with van der Waals surface area (Å²) in [6.07, 6.45) is 1.42. The van der Waals surface area contributed by atoms with Crippen molar-refractivity contribution in [2.24, 2.45) is 0 Å². The molecule has 2 heterocycles. The van der Waals surface area contributed by atoms with Crippen molar-refractivity contribution in [3.8, 4) is 5.75 Å². The van der Waals surface area contributed by atoms with Crippen LogP contribution in [0.2, 0.25) is 0 Å². The van der Waals surface area contributed by atoms with E-state index >= 15 is 0 Å². The van der Waals surface area contributed by atoms with Crippen LogP contribution >= 0.6 is 0 Å². The third-order valence-electron chi connectivity index (χ3n) is 6.55. The van der Waals surface area contributed by atoms with E-state index in [0.29, 0.717) is 43.8 Å². The molecule has 2 aromatic rings. The summed E-state index contributed by atoms with van der Waals surface area (Å²) in [5.74, 6) is -0.849. The number of methoxy groups -OCH3 is 1. The molecule has 3 amide bonds. The quantitative estimate of drug-likeness (QED) is 0.683. The van der Waals surface area contributed by atoms with Gasteiger partial charge < -0.3 is 19.7 Å². The van der Waals surface area contributed by atoms with Gasteiger partial charge in [0, 0.05) is 43.6 Å². The van der Waals surface area contributed by atoms with Gasteiger partial charge in [0.2, 0.25) is 5.91 Å². The van der Waals surface area contributed by atoms with E-state index in [1.54, 1.807) is 36.3 Å². The van der Waals surface area contributed by atoms with Crippen LogP contribution in [0.3, 0.4) is 0 Å². The normalized spacial score (nSPS) is 19.0. The van der Waals surface area contributed by atoms with Crippen molar-refractivity contribution in [2.75, 3.05) is 33.4 Å². The lowest BCUT2D eigenvalue weighted by atomic mass is 9.96. The molecule has 0 aliphatic carbocycles. The Bertz CT molecular complexity index is 1100. The Kier molecular flexibility index (Phi) is 7.35. The number of benzene rings is 2. The summed E-state index contributed by atoms with van der Waals surface area (Å²) in [6, 6.07) is 11.5. The van der Waals surface area contributed by atoms with Crippen LogP contribution < -0.4 is 10.1 Å². The Balaban J connectivity index is 1.56. The van der Waals surface area contributed by atoms with Crippen molar-refractivity contribution in [3.63, 3.8) is 0 Å². The molecule has 0 saturated carbocycles. The van der Waals surface area contributed by atoms with Gasteiger partial charge in [0.05, 0.1) is 13.7 Å². The lowest BCUT2D eigenvalue weighted by Crippen LogP contribution is -2.59. The molecule has 9 heteroatoms. The van der Waals surface area contributed by atoms with Gasteiger partial charge in [-0.15, -0.1) is 0 Å². The second-order valence-corrected chi connectivity index (χ2v) is 8.77. The van der Waals surface area contributed by atoms with Crippen molar-refractivity contribution in [1.82, 2.24) is 15.1 Å². The second kappa shape index (κ2) is 10.4. The fourth-order valence-electron chi connectivity index (χ4n) is 4.69. The molecule has 2 fully saturated rings. The van der Waals surface area contributed by atoms with Crippen LogP contribution in [0.25, 0.3) is 0 Å². The molecule has 8 nitrogen and oxygen atoms in total. The minimum atomic E-state index is -1.05. The van der Waals surface area contributed by atoms with Crippen molar-refractivity contribution in [2.45, 2.75) is 38.0 Å². The first-order valence-corrected chi connectivity index (χ1v) is 11.8. The van der Waals surface area contributed by atoms with Gasteiger partial charge in [-0.2, -0.15) is 0 Å².